The van der Waals surface area contributed by atoms with Gasteiger partial charge in [0.1, 0.15) is 0 Å². The van der Waals surface area contributed by atoms with E-state index in [4.69, 9.17) is 0 Å². The van der Waals surface area contributed by atoms with Crippen molar-refractivity contribution in [1.82, 2.24) is 10.3 Å². The zero-order valence-corrected chi connectivity index (χ0v) is 10.4. The van der Waals surface area contributed by atoms with Crippen molar-refractivity contribution in [2.24, 2.45) is 0 Å². The average molecular weight is 242 g/mol. The number of rotatable bonds is 2. The van der Waals surface area contributed by atoms with Crippen LogP contribution in [0.1, 0.15) is 42.5 Å². The molecule has 2 aromatic rings. The number of aromatic nitrogens is 1. The van der Waals surface area contributed by atoms with Crippen molar-refractivity contribution in [1.29, 1.82) is 0 Å². The van der Waals surface area contributed by atoms with Crippen molar-refractivity contribution in [2.45, 2.75) is 38.1 Å². The van der Waals surface area contributed by atoms with Crippen molar-refractivity contribution in [2.75, 3.05) is 0 Å². The number of para-hydroxylation sites is 1. The SMILES string of the molecule is O=C(NC1CCCCC1)c1cccc2cc[nH]c12. The van der Waals surface area contributed by atoms with E-state index in [2.05, 4.69) is 10.3 Å². The summed E-state index contributed by atoms with van der Waals surface area (Å²) >= 11 is 0. The third kappa shape index (κ3) is 2.13. The van der Waals surface area contributed by atoms with Gasteiger partial charge in [-0.05, 0) is 25.0 Å². The number of amides is 1. The summed E-state index contributed by atoms with van der Waals surface area (Å²) in [6.45, 7) is 0. The van der Waals surface area contributed by atoms with E-state index in [1.807, 2.05) is 30.5 Å². The lowest BCUT2D eigenvalue weighted by molar-refractivity contribution is 0.0929. The van der Waals surface area contributed by atoms with Crippen LogP contribution in [0.4, 0.5) is 0 Å². The van der Waals surface area contributed by atoms with Crippen LogP contribution in [0.25, 0.3) is 10.9 Å². The van der Waals surface area contributed by atoms with Gasteiger partial charge in [0, 0.05) is 17.6 Å². The van der Waals surface area contributed by atoms with E-state index in [-0.39, 0.29) is 5.91 Å². The first-order valence-electron chi connectivity index (χ1n) is 6.71. The Labute approximate surface area is 107 Å². The number of nitrogens with one attached hydrogen (secondary N) is 2. The van der Waals surface area contributed by atoms with Gasteiger partial charge >= 0.3 is 0 Å². The zero-order valence-electron chi connectivity index (χ0n) is 10.4. The second-order valence-corrected chi connectivity index (χ2v) is 5.06. The second-order valence-electron chi connectivity index (χ2n) is 5.06. The van der Waals surface area contributed by atoms with Crippen LogP contribution in [0, 0.1) is 0 Å². The lowest BCUT2D eigenvalue weighted by Crippen LogP contribution is -2.36. The van der Waals surface area contributed by atoms with Gasteiger partial charge in [-0.1, -0.05) is 31.4 Å². The number of carbonyl (C=O) groups is 1. The van der Waals surface area contributed by atoms with Gasteiger partial charge in [-0.3, -0.25) is 4.79 Å². The predicted molar refractivity (Wildman–Crippen MR) is 72.6 cm³/mol. The average Bonchev–Trinajstić information content (AvgIpc) is 2.87. The summed E-state index contributed by atoms with van der Waals surface area (Å²) in [6, 6.07) is 8.19. The summed E-state index contributed by atoms with van der Waals surface area (Å²) in [4.78, 5) is 15.4. The molecule has 2 N–H and O–H groups in total. The molecule has 0 radical (unpaired) electrons. The number of benzene rings is 1. The largest absolute Gasteiger partial charge is 0.361 e. The number of carbonyl (C=O) groups excluding carboxylic acids is 1. The van der Waals surface area contributed by atoms with Crippen molar-refractivity contribution in [3.05, 3.63) is 36.0 Å². The Morgan fingerprint density at radius 2 is 2.00 bits per heavy atom. The topological polar surface area (TPSA) is 44.9 Å². The molecule has 1 amide bonds. The summed E-state index contributed by atoms with van der Waals surface area (Å²) in [5.41, 5.74) is 1.69. The number of hydrogen-bond donors (Lipinski definition) is 2. The molecule has 0 saturated heterocycles. The summed E-state index contributed by atoms with van der Waals surface area (Å²) in [5, 5.41) is 4.25. The Morgan fingerprint density at radius 1 is 1.17 bits per heavy atom. The quantitative estimate of drug-likeness (QED) is 0.834. The standard InChI is InChI=1S/C15H18N2O/c18-15(17-12-6-2-1-3-7-12)13-8-4-5-11-9-10-16-14(11)13/h4-5,8-10,12,16H,1-3,6-7H2,(H,17,18). The smallest absolute Gasteiger partial charge is 0.253 e. The third-order valence-corrected chi connectivity index (χ3v) is 3.77. The summed E-state index contributed by atoms with van der Waals surface area (Å²) in [6.07, 6.45) is 7.88. The lowest BCUT2D eigenvalue weighted by atomic mass is 9.95. The van der Waals surface area contributed by atoms with Crippen LogP contribution < -0.4 is 5.32 Å². The van der Waals surface area contributed by atoms with Gasteiger partial charge in [0.2, 0.25) is 0 Å². The Bertz CT molecular complexity index is 552. The fraction of sp³-hybridized carbons (Fsp3) is 0.400. The highest BCUT2D eigenvalue weighted by Gasteiger charge is 2.18. The minimum atomic E-state index is 0.0509. The number of H-pyrrole nitrogens is 1. The molecule has 0 aliphatic heterocycles. The molecular formula is C15H18N2O. The Balaban J connectivity index is 1.81. The molecular weight excluding hydrogens is 224 g/mol. The normalized spacial score (nSPS) is 16.9. The molecule has 3 nitrogen and oxygen atoms in total. The first-order chi connectivity index (χ1) is 8.84. The molecule has 1 aromatic carbocycles. The van der Waals surface area contributed by atoms with Gasteiger partial charge < -0.3 is 10.3 Å². The van der Waals surface area contributed by atoms with E-state index in [1.165, 1.54) is 19.3 Å². The van der Waals surface area contributed by atoms with E-state index in [9.17, 15) is 4.79 Å². The first kappa shape index (κ1) is 11.3. The number of fused-ring (bicyclic) bond motifs is 1. The molecule has 1 aliphatic rings. The van der Waals surface area contributed by atoms with E-state index in [0.29, 0.717) is 6.04 Å². The van der Waals surface area contributed by atoms with Crippen molar-refractivity contribution in [3.8, 4) is 0 Å². The van der Waals surface area contributed by atoms with E-state index < -0.39 is 0 Å². The zero-order chi connectivity index (χ0) is 12.4. The summed E-state index contributed by atoms with van der Waals surface area (Å²) < 4.78 is 0. The van der Waals surface area contributed by atoms with Gasteiger partial charge in [0.05, 0.1) is 11.1 Å². The van der Waals surface area contributed by atoms with Gasteiger partial charge in [-0.15, -0.1) is 0 Å². The Kier molecular flexibility index (Phi) is 3.05. The summed E-state index contributed by atoms with van der Waals surface area (Å²) in [7, 11) is 0. The maximum absolute atomic E-state index is 12.3. The van der Waals surface area contributed by atoms with Crippen LogP contribution in [-0.2, 0) is 0 Å². The molecule has 3 rings (SSSR count). The maximum atomic E-state index is 12.3. The van der Waals surface area contributed by atoms with E-state index in [1.54, 1.807) is 0 Å². The Hall–Kier alpha value is -1.77. The van der Waals surface area contributed by atoms with E-state index in [0.717, 1.165) is 29.3 Å². The van der Waals surface area contributed by atoms with Gasteiger partial charge in [-0.2, -0.15) is 0 Å². The van der Waals surface area contributed by atoms with Gasteiger partial charge in [0.15, 0.2) is 0 Å². The van der Waals surface area contributed by atoms with Gasteiger partial charge in [-0.25, -0.2) is 0 Å². The molecule has 1 heterocycles. The molecule has 94 valence electrons. The lowest BCUT2D eigenvalue weighted by Gasteiger charge is -2.22. The minimum Gasteiger partial charge on any atom is -0.361 e. The minimum absolute atomic E-state index is 0.0509. The van der Waals surface area contributed by atoms with Crippen LogP contribution in [0.5, 0.6) is 0 Å². The highest BCUT2D eigenvalue weighted by molar-refractivity contribution is 6.05. The molecule has 18 heavy (non-hydrogen) atoms. The van der Waals surface area contributed by atoms with Crippen LogP contribution in [0.2, 0.25) is 0 Å². The molecule has 1 aromatic heterocycles. The van der Waals surface area contributed by atoms with Gasteiger partial charge in [0.25, 0.3) is 5.91 Å². The van der Waals surface area contributed by atoms with Crippen molar-refractivity contribution < 1.29 is 4.79 Å². The Morgan fingerprint density at radius 3 is 2.83 bits per heavy atom. The number of hydrogen-bond acceptors (Lipinski definition) is 1. The molecule has 1 fully saturated rings. The van der Waals surface area contributed by atoms with Crippen LogP contribution in [0.15, 0.2) is 30.5 Å². The monoisotopic (exact) mass is 242 g/mol. The molecule has 0 bridgehead atoms. The molecule has 0 unspecified atom stereocenters. The fourth-order valence-corrected chi connectivity index (χ4v) is 2.78. The van der Waals surface area contributed by atoms with Crippen LogP contribution in [0.3, 0.4) is 0 Å². The van der Waals surface area contributed by atoms with Crippen molar-refractivity contribution >= 4 is 16.8 Å². The highest BCUT2D eigenvalue weighted by Crippen LogP contribution is 2.20. The maximum Gasteiger partial charge on any atom is 0.253 e. The number of aromatic amines is 1. The molecule has 1 aliphatic carbocycles. The van der Waals surface area contributed by atoms with Crippen LogP contribution >= 0.6 is 0 Å². The predicted octanol–water partition coefficient (Wildman–Crippen LogP) is 3.23. The van der Waals surface area contributed by atoms with Crippen LogP contribution in [-0.4, -0.2) is 16.9 Å². The second kappa shape index (κ2) is 4.84. The van der Waals surface area contributed by atoms with E-state index >= 15 is 0 Å². The molecule has 3 heteroatoms. The molecule has 1 saturated carbocycles. The molecule has 0 atom stereocenters. The summed E-state index contributed by atoms with van der Waals surface area (Å²) in [5.74, 6) is 0.0509. The highest BCUT2D eigenvalue weighted by atomic mass is 16.1. The van der Waals surface area contributed by atoms with Crippen molar-refractivity contribution in [3.63, 3.8) is 0 Å². The fourth-order valence-electron chi connectivity index (χ4n) is 2.78. The molecule has 0 spiro atoms. The third-order valence-electron chi connectivity index (χ3n) is 3.77. The first-order valence-corrected chi connectivity index (χ1v) is 6.71.